The minimum absolute atomic E-state index is 0.0157. The highest BCUT2D eigenvalue weighted by molar-refractivity contribution is 7.13. The fraction of sp³-hybridized carbons (Fsp3) is 0.364. The molecule has 0 unspecified atom stereocenters. The van der Waals surface area contributed by atoms with Gasteiger partial charge < -0.3 is 15.5 Å². The second-order valence-corrected chi connectivity index (χ2v) is 8.92. The van der Waals surface area contributed by atoms with Gasteiger partial charge in [-0.15, -0.1) is 0 Å². The number of hydrogen-bond acceptors (Lipinski definition) is 7. The van der Waals surface area contributed by atoms with E-state index in [2.05, 4.69) is 27.7 Å². The van der Waals surface area contributed by atoms with Crippen molar-refractivity contribution in [3.8, 4) is 0 Å². The molecule has 2 heterocycles. The SMILES string of the molecule is CN(C)c1cc(NC2CCC(NC(=O)c3csc([N+](=O)[O-])c3)CC2)nc2ccccc12. The molecule has 0 atom stereocenters. The molecular weight excluding hydrogens is 414 g/mol. The van der Waals surface area contributed by atoms with Gasteiger partial charge in [0.05, 0.1) is 16.0 Å². The maximum absolute atomic E-state index is 12.4. The van der Waals surface area contributed by atoms with Crippen LogP contribution in [0.2, 0.25) is 0 Å². The summed E-state index contributed by atoms with van der Waals surface area (Å²) in [5.74, 6) is 0.619. The normalized spacial score (nSPS) is 18.5. The van der Waals surface area contributed by atoms with E-state index in [1.165, 1.54) is 11.4 Å². The standard InChI is InChI=1S/C22H25N5O3S/c1-26(2)19-12-20(25-18-6-4-3-5-17(18)19)23-15-7-9-16(10-8-15)24-22(28)14-11-21(27(29)30)31-13-14/h3-6,11-13,15-16H,7-10H2,1-2H3,(H,23,25)(H,24,28). The predicted octanol–water partition coefficient (Wildman–Crippen LogP) is 4.42. The zero-order valence-electron chi connectivity index (χ0n) is 17.5. The fourth-order valence-corrected chi connectivity index (χ4v) is 4.70. The highest BCUT2D eigenvalue weighted by Crippen LogP contribution is 2.29. The summed E-state index contributed by atoms with van der Waals surface area (Å²) >= 11 is 0.973. The Labute approximate surface area is 184 Å². The first-order valence-corrected chi connectivity index (χ1v) is 11.2. The molecule has 0 radical (unpaired) electrons. The van der Waals surface area contributed by atoms with E-state index in [9.17, 15) is 14.9 Å². The van der Waals surface area contributed by atoms with Crippen molar-refractivity contribution in [2.45, 2.75) is 37.8 Å². The van der Waals surface area contributed by atoms with Crippen LogP contribution in [0, 0.1) is 10.1 Å². The Morgan fingerprint density at radius 2 is 1.87 bits per heavy atom. The number of carbonyl (C=O) groups is 1. The van der Waals surface area contributed by atoms with Gasteiger partial charge in [0.1, 0.15) is 5.82 Å². The van der Waals surface area contributed by atoms with Crippen molar-refractivity contribution in [1.82, 2.24) is 10.3 Å². The van der Waals surface area contributed by atoms with Crippen molar-refractivity contribution in [3.63, 3.8) is 0 Å². The number of aromatic nitrogens is 1. The summed E-state index contributed by atoms with van der Waals surface area (Å²) in [6, 6.07) is 11.9. The van der Waals surface area contributed by atoms with Gasteiger partial charge >= 0.3 is 5.00 Å². The van der Waals surface area contributed by atoms with Crippen LogP contribution < -0.4 is 15.5 Å². The third kappa shape index (κ3) is 4.77. The molecule has 0 saturated heterocycles. The average Bonchev–Trinajstić information content (AvgIpc) is 3.25. The van der Waals surface area contributed by atoms with Crippen LogP contribution in [-0.2, 0) is 0 Å². The van der Waals surface area contributed by atoms with Crippen LogP contribution in [0.15, 0.2) is 41.8 Å². The highest BCUT2D eigenvalue weighted by atomic mass is 32.1. The lowest BCUT2D eigenvalue weighted by molar-refractivity contribution is -0.380. The minimum atomic E-state index is -0.471. The lowest BCUT2D eigenvalue weighted by atomic mass is 9.91. The summed E-state index contributed by atoms with van der Waals surface area (Å²) in [7, 11) is 4.06. The zero-order valence-corrected chi connectivity index (χ0v) is 18.3. The fourth-order valence-electron chi connectivity index (χ4n) is 4.00. The first-order chi connectivity index (χ1) is 14.9. The number of nitro groups is 1. The van der Waals surface area contributed by atoms with E-state index in [4.69, 9.17) is 4.98 Å². The number of amides is 1. The van der Waals surface area contributed by atoms with Gasteiger partial charge in [0.15, 0.2) is 0 Å². The number of hydrogen-bond donors (Lipinski definition) is 2. The number of anilines is 2. The second kappa shape index (κ2) is 8.89. The van der Waals surface area contributed by atoms with Crippen LogP contribution in [0.3, 0.4) is 0 Å². The molecule has 162 valence electrons. The molecule has 1 aliphatic rings. The molecule has 31 heavy (non-hydrogen) atoms. The summed E-state index contributed by atoms with van der Waals surface area (Å²) in [4.78, 5) is 29.6. The molecule has 8 nitrogen and oxygen atoms in total. The number of fused-ring (bicyclic) bond motifs is 1. The first-order valence-electron chi connectivity index (χ1n) is 10.3. The molecular formula is C22H25N5O3S. The number of benzene rings is 1. The number of rotatable bonds is 6. The van der Waals surface area contributed by atoms with Crippen molar-refractivity contribution in [2.24, 2.45) is 0 Å². The topological polar surface area (TPSA) is 100 Å². The second-order valence-electron chi connectivity index (χ2n) is 8.04. The molecule has 2 aromatic heterocycles. The van der Waals surface area contributed by atoms with E-state index in [0.717, 1.165) is 59.4 Å². The minimum Gasteiger partial charge on any atom is -0.377 e. The lowest BCUT2D eigenvalue weighted by Crippen LogP contribution is -2.40. The Morgan fingerprint density at radius 3 is 2.55 bits per heavy atom. The number of nitrogens with one attached hydrogen (secondary N) is 2. The third-order valence-corrected chi connectivity index (χ3v) is 6.50. The van der Waals surface area contributed by atoms with Gasteiger partial charge in [-0.2, -0.15) is 0 Å². The van der Waals surface area contributed by atoms with Crippen molar-refractivity contribution < 1.29 is 9.72 Å². The molecule has 4 rings (SSSR count). The molecule has 0 spiro atoms. The van der Waals surface area contributed by atoms with Crippen LogP contribution in [0.4, 0.5) is 16.5 Å². The van der Waals surface area contributed by atoms with Crippen LogP contribution in [0.1, 0.15) is 36.0 Å². The van der Waals surface area contributed by atoms with Gasteiger partial charge in [0, 0.05) is 54.8 Å². The van der Waals surface area contributed by atoms with Crippen LogP contribution in [-0.4, -0.2) is 42.0 Å². The van der Waals surface area contributed by atoms with Crippen molar-refractivity contribution in [3.05, 3.63) is 57.5 Å². The Balaban J connectivity index is 1.36. The van der Waals surface area contributed by atoms with E-state index in [1.807, 2.05) is 32.3 Å². The quantitative estimate of drug-likeness (QED) is 0.435. The average molecular weight is 440 g/mol. The van der Waals surface area contributed by atoms with Gasteiger partial charge in [-0.1, -0.05) is 29.5 Å². The maximum atomic E-state index is 12.4. The summed E-state index contributed by atoms with van der Waals surface area (Å²) in [6.07, 6.45) is 3.54. The maximum Gasteiger partial charge on any atom is 0.324 e. The number of carbonyl (C=O) groups excluding carboxylic acids is 1. The highest BCUT2D eigenvalue weighted by Gasteiger charge is 2.24. The summed E-state index contributed by atoms with van der Waals surface area (Å²) in [6.45, 7) is 0. The first kappa shape index (κ1) is 21.0. The van der Waals surface area contributed by atoms with Crippen molar-refractivity contribution in [2.75, 3.05) is 24.3 Å². The van der Waals surface area contributed by atoms with E-state index in [0.29, 0.717) is 11.6 Å². The van der Waals surface area contributed by atoms with Gasteiger partial charge in [-0.25, -0.2) is 4.98 Å². The Morgan fingerprint density at radius 1 is 1.16 bits per heavy atom. The zero-order chi connectivity index (χ0) is 22.0. The number of para-hydroxylation sites is 1. The third-order valence-electron chi connectivity index (χ3n) is 5.62. The van der Waals surface area contributed by atoms with Gasteiger partial charge in [0.2, 0.25) is 0 Å². The van der Waals surface area contributed by atoms with E-state index in [1.54, 1.807) is 0 Å². The van der Waals surface area contributed by atoms with Crippen LogP contribution in [0.5, 0.6) is 0 Å². The number of nitrogens with zero attached hydrogens (tertiary/aromatic N) is 3. The molecule has 2 N–H and O–H groups in total. The van der Waals surface area contributed by atoms with Gasteiger partial charge in [-0.05, 0) is 31.7 Å². The smallest absolute Gasteiger partial charge is 0.324 e. The Hall–Kier alpha value is -3.20. The van der Waals surface area contributed by atoms with Gasteiger partial charge in [0.25, 0.3) is 5.91 Å². The summed E-state index contributed by atoms with van der Waals surface area (Å²) in [5, 5.41) is 20.0. The van der Waals surface area contributed by atoms with Crippen molar-refractivity contribution in [1.29, 1.82) is 0 Å². The number of thiophene rings is 1. The van der Waals surface area contributed by atoms with Gasteiger partial charge in [-0.3, -0.25) is 14.9 Å². The largest absolute Gasteiger partial charge is 0.377 e. The molecule has 1 amide bonds. The number of pyridine rings is 1. The predicted molar refractivity (Wildman–Crippen MR) is 124 cm³/mol. The molecule has 1 fully saturated rings. The van der Waals surface area contributed by atoms with Crippen molar-refractivity contribution >= 4 is 44.7 Å². The van der Waals surface area contributed by atoms with Crippen LogP contribution in [0.25, 0.3) is 10.9 Å². The molecule has 3 aromatic rings. The molecule has 0 bridgehead atoms. The van der Waals surface area contributed by atoms with E-state index in [-0.39, 0.29) is 17.0 Å². The van der Waals surface area contributed by atoms with Crippen LogP contribution >= 0.6 is 11.3 Å². The lowest BCUT2D eigenvalue weighted by Gasteiger charge is -2.30. The monoisotopic (exact) mass is 439 g/mol. The molecule has 1 aromatic carbocycles. The molecule has 0 aliphatic heterocycles. The Kier molecular flexibility index (Phi) is 6.03. The van der Waals surface area contributed by atoms with E-state index >= 15 is 0 Å². The molecule has 9 heteroatoms. The summed E-state index contributed by atoms with van der Waals surface area (Å²) < 4.78 is 0. The summed E-state index contributed by atoms with van der Waals surface area (Å²) in [5.41, 5.74) is 2.44. The van der Waals surface area contributed by atoms with E-state index < -0.39 is 4.92 Å². The molecule has 1 saturated carbocycles. The Bertz CT molecular complexity index is 1110. The molecule has 1 aliphatic carbocycles.